The Kier molecular flexibility index (Phi) is 5.78. The lowest BCUT2D eigenvalue weighted by molar-refractivity contribution is -0.117. The number of halogens is 1. The van der Waals surface area contributed by atoms with Crippen molar-refractivity contribution in [2.75, 3.05) is 18.0 Å². The second-order valence-electron chi connectivity index (χ2n) is 6.60. The molecule has 1 saturated heterocycles. The van der Waals surface area contributed by atoms with Gasteiger partial charge in [0, 0.05) is 42.7 Å². The van der Waals surface area contributed by atoms with Crippen LogP contribution in [0.3, 0.4) is 0 Å². The summed E-state index contributed by atoms with van der Waals surface area (Å²) in [6, 6.07) is 15.0. The van der Waals surface area contributed by atoms with Gasteiger partial charge in [0.05, 0.1) is 0 Å². The highest BCUT2D eigenvalue weighted by Crippen LogP contribution is 2.24. The molecule has 1 heterocycles. The third-order valence-electron chi connectivity index (χ3n) is 4.47. The number of carbonyl (C=O) groups excluding carboxylic acids is 2. The molecular formula is C20H22ClN3O2. The van der Waals surface area contributed by atoms with Crippen LogP contribution in [0.2, 0.25) is 5.02 Å². The molecule has 1 atom stereocenters. The molecule has 0 spiro atoms. The Labute approximate surface area is 158 Å². The fourth-order valence-corrected chi connectivity index (χ4v) is 3.10. The van der Waals surface area contributed by atoms with Gasteiger partial charge >= 0.3 is 6.03 Å². The molecule has 0 saturated carbocycles. The average Bonchev–Trinajstić information content (AvgIpc) is 3.01. The number of amides is 3. The van der Waals surface area contributed by atoms with Gasteiger partial charge in [0.15, 0.2) is 0 Å². The molecule has 2 aromatic carbocycles. The van der Waals surface area contributed by atoms with Crippen molar-refractivity contribution in [3.8, 4) is 0 Å². The van der Waals surface area contributed by atoms with Crippen LogP contribution in [0.4, 0.5) is 10.5 Å². The first-order chi connectivity index (χ1) is 12.5. The molecule has 1 fully saturated rings. The minimum Gasteiger partial charge on any atom is -0.338 e. The molecule has 2 N–H and O–H groups in total. The van der Waals surface area contributed by atoms with Crippen molar-refractivity contribution >= 4 is 29.2 Å². The van der Waals surface area contributed by atoms with E-state index in [-0.39, 0.29) is 17.9 Å². The highest BCUT2D eigenvalue weighted by atomic mass is 35.5. The molecule has 26 heavy (non-hydrogen) atoms. The maximum absolute atomic E-state index is 12.2. The van der Waals surface area contributed by atoms with Crippen LogP contribution >= 0.6 is 11.6 Å². The van der Waals surface area contributed by atoms with Gasteiger partial charge in [-0.3, -0.25) is 4.79 Å². The van der Waals surface area contributed by atoms with Crippen LogP contribution in [0.15, 0.2) is 48.5 Å². The molecule has 3 rings (SSSR count). The largest absolute Gasteiger partial charge is 0.338 e. The number of aryl methyl sites for hydroxylation is 1. The average molecular weight is 372 g/mol. The predicted octanol–water partition coefficient (Wildman–Crippen LogP) is 3.50. The molecule has 0 bridgehead atoms. The zero-order valence-corrected chi connectivity index (χ0v) is 15.4. The smallest absolute Gasteiger partial charge is 0.315 e. The summed E-state index contributed by atoms with van der Waals surface area (Å²) in [7, 11) is 0. The molecule has 0 aliphatic carbocycles. The summed E-state index contributed by atoms with van der Waals surface area (Å²) in [5, 5.41) is 6.33. The maximum Gasteiger partial charge on any atom is 0.315 e. The predicted molar refractivity (Wildman–Crippen MR) is 103 cm³/mol. The lowest BCUT2D eigenvalue weighted by atomic mass is 10.1. The first-order valence-corrected chi connectivity index (χ1v) is 9.02. The molecule has 3 amide bonds. The number of carbonyl (C=O) groups is 2. The van der Waals surface area contributed by atoms with Gasteiger partial charge < -0.3 is 15.5 Å². The first-order valence-electron chi connectivity index (χ1n) is 8.64. The van der Waals surface area contributed by atoms with Crippen molar-refractivity contribution in [2.45, 2.75) is 19.9 Å². The van der Waals surface area contributed by atoms with E-state index in [0.717, 1.165) is 16.8 Å². The molecule has 1 aliphatic rings. The van der Waals surface area contributed by atoms with Crippen molar-refractivity contribution in [1.29, 1.82) is 0 Å². The molecule has 6 heteroatoms. The van der Waals surface area contributed by atoms with Crippen molar-refractivity contribution in [3.05, 3.63) is 64.7 Å². The van der Waals surface area contributed by atoms with E-state index in [4.69, 9.17) is 11.6 Å². The molecule has 1 aliphatic heterocycles. The molecular weight excluding hydrogens is 350 g/mol. The Morgan fingerprint density at radius 3 is 2.50 bits per heavy atom. The Morgan fingerprint density at radius 2 is 1.81 bits per heavy atom. The second-order valence-corrected chi connectivity index (χ2v) is 7.04. The Bertz CT molecular complexity index is 775. The Balaban J connectivity index is 1.44. The summed E-state index contributed by atoms with van der Waals surface area (Å²) in [6.45, 7) is 3.55. The highest BCUT2D eigenvalue weighted by molar-refractivity contribution is 6.30. The van der Waals surface area contributed by atoms with Crippen molar-refractivity contribution in [2.24, 2.45) is 5.92 Å². The Hall–Kier alpha value is -2.53. The zero-order valence-electron chi connectivity index (χ0n) is 14.7. The van der Waals surface area contributed by atoms with Gasteiger partial charge in [-0.25, -0.2) is 4.79 Å². The van der Waals surface area contributed by atoms with Crippen LogP contribution in [-0.2, 0) is 11.3 Å². The van der Waals surface area contributed by atoms with E-state index in [1.165, 1.54) is 0 Å². The molecule has 0 radical (unpaired) electrons. The van der Waals surface area contributed by atoms with Crippen molar-refractivity contribution in [1.82, 2.24) is 10.6 Å². The normalized spacial score (nSPS) is 16.6. The van der Waals surface area contributed by atoms with Gasteiger partial charge in [0.25, 0.3) is 0 Å². The van der Waals surface area contributed by atoms with Gasteiger partial charge in [-0.1, -0.05) is 41.4 Å². The summed E-state index contributed by atoms with van der Waals surface area (Å²) in [5.41, 5.74) is 3.05. The summed E-state index contributed by atoms with van der Waals surface area (Å²) in [4.78, 5) is 26.0. The zero-order chi connectivity index (χ0) is 18.5. The molecule has 2 aromatic rings. The fraction of sp³-hybridized carbons (Fsp3) is 0.300. The summed E-state index contributed by atoms with van der Waals surface area (Å²) in [6.07, 6.45) is 0.450. The monoisotopic (exact) mass is 371 g/mol. The van der Waals surface area contributed by atoms with Crippen LogP contribution in [0.1, 0.15) is 17.5 Å². The van der Waals surface area contributed by atoms with Gasteiger partial charge in [0.1, 0.15) is 0 Å². The SMILES string of the molecule is Cc1ccc(N2C[C@@H](CNC(=O)NCc3ccc(Cl)cc3)CC2=O)cc1. The third kappa shape index (κ3) is 4.76. The van der Waals surface area contributed by atoms with Gasteiger partial charge in [-0.2, -0.15) is 0 Å². The summed E-state index contributed by atoms with van der Waals surface area (Å²) >= 11 is 5.84. The highest BCUT2D eigenvalue weighted by Gasteiger charge is 2.30. The first kappa shape index (κ1) is 18.3. The lowest BCUT2D eigenvalue weighted by Crippen LogP contribution is -2.38. The van der Waals surface area contributed by atoms with Gasteiger partial charge in [-0.05, 0) is 36.8 Å². The number of anilines is 1. The van der Waals surface area contributed by atoms with Gasteiger partial charge in [0.2, 0.25) is 5.91 Å². The number of hydrogen-bond acceptors (Lipinski definition) is 2. The quantitative estimate of drug-likeness (QED) is 0.845. The topological polar surface area (TPSA) is 61.4 Å². The standard InChI is InChI=1S/C20H22ClN3O2/c1-14-2-8-18(9-3-14)24-13-16(10-19(24)25)12-23-20(26)22-11-15-4-6-17(21)7-5-15/h2-9,16H,10-13H2,1H3,(H2,22,23,26)/t16-/m1/s1. The van der Waals surface area contributed by atoms with E-state index in [0.29, 0.717) is 31.1 Å². The summed E-state index contributed by atoms with van der Waals surface area (Å²) in [5.74, 6) is 0.215. The third-order valence-corrected chi connectivity index (χ3v) is 4.72. The van der Waals surface area contributed by atoms with Crippen LogP contribution in [-0.4, -0.2) is 25.0 Å². The fourth-order valence-electron chi connectivity index (χ4n) is 2.98. The van der Waals surface area contributed by atoms with Crippen LogP contribution in [0.5, 0.6) is 0 Å². The van der Waals surface area contributed by atoms with Crippen LogP contribution < -0.4 is 15.5 Å². The molecule has 0 unspecified atom stereocenters. The van der Waals surface area contributed by atoms with E-state index < -0.39 is 0 Å². The van der Waals surface area contributed by atoms with E-state index in [1.807, 2.05) is 43.3 Å². The lowest BCUT2D eigenvalue weighted by Gasteiger charge is -2.17. The second kappa shape index (κ2) is 8.23. The van der Waals surface area contributed by atoms with E-state index in [9.17, 15) is 9.59 Å². The number of benzene rings is 2. The minimum absolute atomic E-state index is 0.0993. The van der Waals surface area contributed by atoms with Crippen molar-refractivity contribution < 1.29 is 9.59 Å². The van der Waals surface area contributed by atoms with Crippen LogP contribution in [0, 0.1) is 12.8 Å². The van der Waals surface area contributed by atoms with Gasteiger partial charge in [-0.15, -0.1) is 0 Å². The van der Waals surface area contributed by atoms with Crippen molar-refractivity contribution in [3.63, 3.8) is 0 Å². The van der Waals surface area contributed by atoms with E-state index in [1.54, 1.807) is 17.0 Å². The number of nitrogens with one attached hydrogen (secondary N) is 2. The van der Waals surface area contributed by atoms with Crippen LogP contribution in [0.25, 0.3) is 0 Å². The van der Waals surface area contributed by atoms with E-state index >= 15 is 0 Å². The minimum atomic E-state index is -0.235. The number of nitrogens with zero attached hydrogens (tertiary/aromatic N) is 1. The number of urea groups is 1. The van der Waals surface area contributed by atoms with E-state index in [2.05, 4.69) is 10.6 Å². The molecule has 5 nitrogen and oxygen atoms in total. The molecule has 0 aromatic heterocycles. The maximum atomic E-state index is 12.2. The number of rotatable bonds is 5. The number of hydrogen-bond donors (Lipinski definition) is 2. The summed E-state index contributed by atoms with van der Waals surface area (Å²) < 4.78 is 0. The Morgan fingerprint density at radius 1 is 1.12 bits per heavy atom. The molecule has 136 valence electrons.